The molecule has 3 heterocycles. The van der Waals surface area contributed by atoms with Crippen LogP contribution in [0, 0.1) is 6.57 Å². The number of rotatable bonds is 9. The zero-order valence-electron chi connectivity index (χ0n) is 20.6. The monoisotopic (exact) mass is 544 g/mol. The van der Waals surface area contributed by atoms with Gasteiger partial charge in [-0.15, -0.1) is 0 Å². The molecule has 1 fully saturated rings. The van der Waals surface area contributed by atoms with Gasteiger partial charge in [0.2, 0.25) is 21.7 Å². The van der Waals surface area contributed by atoms with Crippen molar-refractivity contribution in [1.82, 2.24) is 29.4 Å². The Hall–Kier alpha value is -3.08. The van der Waals surface area contributed by atoms with Crippen LogP contribution < -0.4 is 10.6 Å². The summed E-state index contributed by atoms with van der Waals surface area (Å²) in [6.45, 7) is 11.2. The van der Waals surface area contributed by atoms with E-state index in [0.717, 1.165) is 5.56 Å². The van der Waals surface area contributed by atoms with Crippen molar-refractivity contribution in [2.24, 2.45) is 0 Å². The van der Waals surface area contributed by atoms with Gasteiger partial charge in [-0.05, 0) is 37.5 Å². The van der Waals surface area contributed by atoms with Crippen LogP contribution in [-0.4, -0.2) is 75.6 Å². The number of sulfonamides is 1. The Morgan fingerprint density at radius 1 is 1.30 bits per heavy atom. The summed E-state index contributed by atoms with van der Waals surface area (Å²) in [6.07, 6.45) is 6.93. The van der Waals surface area contributed by atoms with Crippen LogP contribution in [0.2, 0.25) is 5.02 Å². The zero-order valence-corrected chi connectivity index (χ0v) is 22.2. The smallest absolute Gasteiger partial charge is 0.231 e. The van der Waals surface area contributed by atoms with Gasteiger partial charge >= 0.3 is 0 Å². The Balaban J connectivity index is 1.49. The molecule has 1 aliphatic heterocycles. The molecule has 37 heavy (non-hydrogen) atoms. The zero-order chi connectivity index (χ0) is 26.6. The van der Waals surface area contributed by atoms with E-state index in [0.29, 0.717) is 72.6 Å². The van der Waals surface area contributed by atoms with E-state index in [2.05, 4.69) is 30.5 Å². The molecular formula is C24H29ClN8O3S. The van der Waals surface area contributed by atoms with E-state index >= 15 is 0 Å². The number of halogens is 1. The summed E-state index contributed by atoms with van der Waals surface area (Å²) >= 11 is 6.53. The highest BCUT2D eigenvalue weighted by Gasteiger charge is 2.25. The molecule has 3 N–H and O–H groups in total. The van der Waals surface area contributed by atoms with Crippen LogP contribution in [0.15, 0.2) is 36.8 Å². The number of aromatic nitrogens is 4. The minimum absolute atomic E-state index is 0.0276. The van der Waals surface area contributed by atoms with E-state index < -0.39 is 16.1 Å². The molecule has 1 aromatic carbocycles. The van der Waals surface area contributed by atoms with Crippen molar-refractivity contribution in [3.8, 4) is 16.9 Å². The average Bonchev–Trinajstić information content (AvgIpc) is 3.33. The second kappa shape index (κ2) is 11.5. The van der Waals surface area contributed by atoms with Crippen LogP contribution in [0.25, 0.3) is 21.8 Å². The maximum Gasteiger partial charge on any atom is 0.231 e. The number of hydrogen-bond donors (Lipinski definition) is 3. The van der Waals surface area contributed by atoms with Gasteiger partial charge in [-0.2, -0.15) is 5.10 Å². The van der Waals surface area contributed by atoms with Gasteiger partial charge in [-0.1, -0.05) is 17.7 Å². The molecule has 0 radical (unpaired) electrons. The molecule has 0 bridgehead atoms. The van der Waals surface area contributed by atoms with Gasteiger partial charge in [0.1, 0.15) is 0 Å². The summed E-state index contributed by atoms with van der Waals surface area (Å²) in [6, 6.07) is 5.67. The van der Waals surface area contributed by atoms with Crippen LogP contribution >= 0.6 is 11.6 Å². The number of benzene rings is 1. The highest BCUT2D eigenvalue weighted by molar-refractivity contribution is 7.88. The first-order chi connectivity index (χ1) is 17.6. The van der Waals surface area contributed by atoms with Crippen molar-refractivity contribution in [2.45, 2.75) is 38.5 Å². The van der Waals surface area contributed by atoms with Gasteiger partial charge < -0.3 is 15.7 Å². The lowest BCUT2D eigenvalue weighted by molar-refractivity contribution is 0.191. The van der Waals surface area contributed by atoms with Gasteiger partial charge in [0.25, 0.3) is 0 Å². The molecule has 1 aliphatic rings. The molecule has 1 atom stereocenters. The summed E-state index contributed by atoms with van der Waals surface area (Å²) in [7, 11) is -3.20. The molecular weight excluding hydrogens is 516 g/mol. The first-order valence-corrected chi connectivity index (χ1v) is 14.1. The molecule has 11 nitrogen and oxygen atoms in total. The van der Waals surface area contributed by atoms with Crippen LogP contribution in [0.1, 0.15) is 25.3 Å². The Kier molecular flexibility index (Phi) is 8.41. The highest BCUT2D eigenvalue weighted by Crippen LogP contribution is 2.31. The minimum Gasteiger partial charge on any atom is -0.392 e. The first kappa shape index (κ1) is 27.0. The van der Waals surface area contributed by atoms with Crippen molar-refractivity contribution in [2.75, 3.05) is 31.2 Å². The third-order valence-corrected chi connectivity index (χ3v) is 7.64. The Labute approximate surface area is 221 Å². The van der Waals surface area contributed by atoms with Crippen LogP contribution in [0.5, 0.6) is 0 Å². The predicted molar refractivity (Wildman–Crippen MR) is 142 cm³/mol. The molecule has 13 heteroatoms. The average molecular weight is 545 g/mol. The summed E-state index contributed by atoms with van der Waals surface area (Å²) < 4.78 is 26.6. The first-order valence-electron chi connectivity index (χ1n) is 11.8. The fourth-order valence-electron chi connectivity index (χ4n) is 4.10. The fraction of sp³-hybridized carbons (Fsp3) is 0.417. The van der Waals surface area contributed by atoms with Crippen LogP contribution in [0.4, 0.5) is 11.6 Å². The van der Waals surface area contributed by atoms with Gasteiger partial charge in [0.05, 0.1) is 41.5 Å². The third-order valence-electron chi connectivity index (χ3n) is 6.03. The van der Waals surface area contributed by atoms with Crippen molar-refractivity contribution >= 4 is 33.3 Å². The predicted octanol–water partition coefficient (Wildman–Crippen LogP) is 2.84. The normalized spacial score (nSPS) is 15.9. The number of hydrogen-bond acceptors (Lipinski definition) is 8. The number of aliphatic hydroxyl groups is 1. The number of aliphatic hydroxyl groups excluding tert-OH is 1. The lowest BCUT2D eigenvalue weighted by Crippen LogP contribution is -2.42. The highest BCUT2D eigenvalue weighted by atomic mass is 35.5. The van der Waals surface area contributed by atoms with Crippen LogP contribution in [0.3, 0.4) is 0 Å². The number of nitrogens with one attached hydrogen (secondary N) is 2. The van der Waals surface area contributed by atoms with Crippen molar-refractivity contribution in [3.63, 3.8) is 0 Å². The number of anilines is 1. The van der Waals surface area contributed by atoms with E-state index in [9.17, 15) is 13.5 Å². The molecule has 4 rings (SSSR count). The largest absolute Gasteiger partial charge is 0.392 e. The lowest BCUT2D eigenvalue weighted by atomic mass is 10.1. The molecule has 3 aromatic rings. The topological polar surface area (TPSA) is 130 Å². The van der Waals surface area contributed by atoms with E-state index in [1.807, 2.05) is 18.2 Å². The maximum atomic E-state index is 11.8. The maximum absolute atomic E-state index is 11.8. The van der Waals surface area contributed by atoms with Crippen molar-refractivity contribution in [1.29, 1.82) is 0 Å². The fourth-order valence-corrected chi connectivity index (χ4v) is 5.27. The molecule has 0 unspecified atom stereocenters. The minimum atomic E-state index is -3.20. The Morgan fingerprint density at radius 3 is 2.70 bits per heavy atom. The molecule has 2 aromatic heterocycles. The van der Waals surface area contributed by atoms with Crippen LogP contribution in [-0.2, 0) is 16.6 Å². The molecule has 0 saturated carbocycles. The third kappa shape index (κ3) is 6.82. The summed E-state index contributed by atoms with van der Waals surface area (Å²) in [5.41, 5.74) is 3.04. The summed E-state index contributed by atoms with van der Waals surface area (Å²) in [5, 5.41) is 20.8. The molecule has 196 valence electrons. The lowest BCUT2D eigenvalue weighted by Gasteiger charge is -2.30. The molecule has 1 saturated heterocycles. The standard InChI is InChI=1S/C24H29ClN8O3S/c1-16(34)11-27-12-17-4-5-22(20(25)10-17)33-15-18(13-29-33)23-21(26-2)14-28-24(31-23)30-19-6-8-32(9-7-19)37(3,35)36/h4-5,10,13-16,19,27,34H,6-9,11-12H2,1,3H3,(H,28,30,31)/t16-/m0/s1. The SMILES string of the molecule is [C-]#[N+]c1cnc(NC2CCN(S(C)(=O)=O)CC2)nc1-c1cnn(-c2ccc(CNC[C@H](C)O)cc2Cl)c1. The van der Waals surface area contributed by atoms with Gasteiger partial charge in [0.15, 0.2) is 0 Å². The van der Waals surface area contributed by atoms with Gasteiger partial charge in [-0.3, -0.25) is 0 Å². The molecule has 0 aliphatic carbocycles. The number of nitrogens with zero attached hydrogens (tertiary/aromatic N) is 6. The van der Waals surface area contributed by atoms with E-state index in [-0.39, 0.29) is 6.04 Å². The summed E-state index contributed by atoms with van der Waals surface area (Å²) in [5.74, 6) is 0.375. The van der Waals surface area contributed by atoms with E-state index in [1.165, 1.54) is 16.8 Å². The van der Waals surface area contributed by atoms with Crippen molar-refractivity contribution < 1.29 is 13.5 Å². The van der Waals surface area contributed by atoms with Crippen molar-refractivity contribution in [3.05, 3.63) is 58.8 Å². The van der Waals surface area contributed by atoms with E-state index in [1.54, 1.807) is 24.0 Å². The van der Waals surface area contributed by atoms with Gasteiger partial charge in [0, 0.05) is 50.2 Å². The molecule has 0 spiro atoms. The molecule has 0 amide bonds. The quantitative estimate of drug-likeness (QED) is 0.351. The second-order valence-corrected chi connectivity index (χ2v) is 11.4. The number of piperidine rings is 1. The second-order valence-electron chi connectivity index (χ2n) is 9.06. The Morgan fingerprint density at radius 2 is 2.05 bits per heavy atom. The van der Waals surface area contributed by atoms with E-state index in [4.69, 9.17) is 18.2 Å². The van der Waals surface area contributed by atoms with Gasteiger partial charge in [-0.25, -0.2) is 32.2 Å². The summed E-state index contributed by atoms with van der Waals surface area (Å²) in [4.78, 5) is 12.4. The Bertz CT molecular complexity index is 1400.